The molecule has 0 fully saturated rings. The zero-order chi connectivity index (χ0) is 21.7. The van der Waals surface area contributed by atoms with Gasteiger partial charge in [-0.1, -0.05) is 23.9 Å². The van der Waals surface area contributed by atoms with Crippen molar-refractivity contribution >= 4 is 48.7 Å². The summed E-state index contributed by atoms with van der Waals surface area (Å²) in [5, 5.41) is 5.79. The number of hydrogen-bond acceptors (Lipinski definition) is 7. The molecule has 1 aromatic heterocycles. The minimum atomic E-state index is -3.85. The molecule has 2 N–H and O–H groups in total. The molecule has 1 amide bonds. The molecule has 0 atom stereocenters. The van der Waals surface area contributed by atoms with Crippen LogP contribution in [0.2, 0.25) is 0 Å². The van der Waals surface area contributed by atoms with Gasteiger partial charge in [0.15, 0.2) is 5.16 Å². The second-order valence-corrected chi connectivity index (χ2v) is 11.0. The fourth-order valence-corrected chi connectivity index (χ4v) is 6.57. The topological polar surface area (TPSA) is 132 Å². The van der Waals surface area contributed by atoms with Crippen LogP contribution in [0.25, 0.3) is 11.0 Å². The third-order valence-electron chi connectivity index (χ3n) is 4.77. The molecule has 4 rings (SSSR count). The van der Waals surface area contributed by atoms with E-state index >= 15 is 0 Å². The number of aromatic nitrogens is 2. The highest BCUT2D eigenvalue weighted by atomic mass is 32.2. The van der Waals surface area contributed by atoms with Gasteiger partial charge in [0.25, 0.3) is 15.9 Å². The lowest BCUT2D eigenvalue weighted by Gasteiger charge is -2.14. The Labute approximate surface area is 178 Å². The number of benzene rings is 2. The second-order valence-electron chi connectivity index (χ2n) is 6.56. The van der Waals surface area contributed by atoms with Crippen LogP contribution in [0, 0.1) is 0 Å². The molecular formula is C18H18N4O5S3. The van der Waals surface area contributed by atoms with Crippen LogP contribution in [-0.4, -0.2) is 48.9 Å². The van der Waals surface area contributed by atoms with Crippen molar-refractivity contribution in [3.05, 3.63) is 48.0 Å². The summed E-state index contributed by atoms with van der Waals surface area (Å²) < 4.78 is 51.2. The van der Waals surface area contributed by atoms with Gasteiger partial charge >= 0.3 is 0 Å². The molecule has 158 valence electrons. The first kappa shape index (κ1) is 20.8. The number of carbonyl (C=O) groups is 1. The summed E-state index contributed by atoms with van der Waals surface area (Å²) in [7, 11) is -7.69. The van der Waals surface area contributed by atoms with Gasteiger partial charge in [-0.25, -0.2) is 31.3 Å². The van der Waals surface area contributed by atoms with Gasteiger partial charge in [-0.15, -0.1) is 0 Å². The second kappa shape index (κ2) is 7.38. The molecule has 1 aliphatic rings. The molecule has 9 nitrogen and oxygen atoms in total. The van der Waals surface area contributed by atoms with E-state index in [0.29, 0.717) is 23.0 Å². The largest absolute Gasteiger partial charge is 0.319 e. The number of primary sulfonamides is 1. The standard InChI is InChI=1S/C18H18N4O5S3/c1-2-21-15-8-7-12(29(19,24)25)11-14(15)20-18(21)28-10-9-22-17(23)13-5-3-4-6-16(13)30(22,26)27/h3-8,11H,2,9-10H2,1H3,(H2,19,24,25). The van der Waals surface area contributed by atoms with Gasteiger partial charge in [-0.2, -0.15) is 0 Å². The van der Waals surface area contributed by atoms with E-state index in [1.807, 2.05) is 11.5 Å². The van der Waals surface area contributed by atoms with Crippen molar-refractivity contribution in [3.8, 4) is 0 Å². The Balaban J connectivity index is 1.57. The highest BCUT2D eigenvalue weighted by Gasteiger charge is 2.40. The zero-order valence-corrected chi connectivity index (χ0v) is 18.3. The molecule has 0 radical (unpaired) electrons. The third kappa shape index (κ3) is 3.39. The van der Waals surface area contributed by atoms with Crippen molar-refractivity contribution in [2.24, 2.45) is 5.14 Å². The first-order chi connectivity index (χ1) is 14.1. The Kier molecular flexibility index (Phi) is 5.12. The monoisotopic (exact) mass is 466 g/mol. The molecule has 12 heteroatoms. The number of carbonyl (C=O) groups excluding carboxylic acids is 1. The summed E-state index contributed by atoms with van der Waals surface area (Å²) in [6, 6.07) is 10.6. The number of sulfonamides is 2. The normalized spacial score (nSPS) is 15.7. The minimum Gasteiger partial charge on any atom is -0.319 e. The van der Waals surface area contributed by atoms with E-state index < -0.39 is 26.0 Å². The van der Waals surface area contributed by atoms with Crippen LogP contribution in [0.4, 0.5) is 0 Å². The molecule has 3 aromatic rings. The Bertz CT molecular complexity index is 1380. The van der Waals surface area contributed by atoms with E-state index in [-0.39, 0.29) is 21.9 Å². The maximum absolute atomic E-state index is 12.6. The number of nitrogens with two attached hydrogens (primary N) is 1. The highest BCUT2D eigenvalue weighted by Crippen LogP contribution is 2.31. The van der Waals surface area contributed by atoms with Gasteiger partial charge in [0.05, 0.1) is 21.5 Å². The van der Waals surface area contributed by atoms with Crippen molar-refractivity contribution in [3.63, 3.8) is 0 Å². The van der Waals surface area contributed by atoms with E-state index in [0.717, 1.165) is 9.82 Å². The number of aryl methyl sites for hydroxylation is 1. The molecular weight excluding hydrogens is 448 g/mol. The van der Waals surface area contributed by atoms with E-state index in [9.17, 15) is 21.6 Å². The van der Waals surface area contributed by atoms with Gasteiger partial charge in [-0.3, -0.25) is 4.79 Å². The molecule has 0 bridgehead atoms. The number of amides is 1. The fraction of sp³-hybridized carbons (Fsp3) is 0.222. The lowest BCUT2D eigenvalue weighted by Crippen LogP contribution is -2.32. The van der Waals surface area contributed by atoms with Crippen LogP contribution < -0.4 is 5.14 Å². The van der Waals surface area contributed by atoms with Gasteiger partial charge in [0, 0.05) is 18.8 Å². The summed E-state index contributed by atoms with van der Waals surface area (Å²) in [6.45, 7) is 2.50. The zero-order valence-electron chi connectivity index (χ0n) is 15.8. The predicted molar refractivity (Wildman–Crippen MR) is 112 cm³/mol. The molecule has 2 heterocycles. The van der Waals surface area contributed by atoms with Crippen molar-refractivity contribution in [1.82, 2.24) is 13.9 Å². The molecule has 1 aliphatic heterocycles. The van der Waals surface area contributed by atoms with Crippen LogP contribution in [-0.2, 0) is 26.6 Å². The van der Waals surface area contributed by atoms with Gasteiger partial charge in [0.2, 0.25) is 10.0 Å². The summed E-state index contributed by atoms with van der Waals surface area (Å²) in [6.07, 6.45) is 0. The van der Waals surface area contributed by atoms with E-state index in [1.165, 1.54) is 36.0 Å². The maximum atomic E-state index is 12.6. The molecule has 30 heavy (non-hydrogen) atoms. The molecule has 0 spiro atoms. The predicted octanol–water partition coefficient (Wildman–Crippen LogP) is 1.64. The number of hydrogen-bond donors (Lipinski definition) is 1. The highest BCUT2D eigenvalue weighted by molar-refractivity contribution is 7.99. The number of fused-ring (bicyclic) bond motifs is 2. The summed E-state index contributed by atoms with van der Waals surface area (Å²) in [5.41, 5.74) is 1.40. The van der Waals surface area contributed by atoms with Crippen molar-refractivity contribution < 1.29 is 21.6 Å². The maximum Gasteiger partial charge on any atom is 0.269 e. The first-order valence-corrected chi connectivity index (χ1v) is 12.9. The van der Waals surface area contributed by atoms with Crippen LogP contribution in [0.15, 0.2) is 57.4 Å². The quantitative estimate of drug-likeness (QED) is 0.546. The van der Waals surface area contributed by atoms with Crippen LogP contribution in [0.3, 0.4) is 0 Å². The number of imidazole rings is 1. The van der Waals surface area contributed by atoms with E-state index in [1.54, 1.807) is 18.2 Å². The van der Waals surface area contributed by atoms with Crippen molar-refractivity contribution in [2.75, 3.05) is 12.3 Å². The van der Waals surface area contributed by atoms with Crippen molar-refractivity contribution in [2.45, 2.75) is 28.4 Å². The lowest BCUT2D eigenvalue weighted by atomic mass is 10.2. The number of nitrogens with zero attached hydrogens (tertiary/aromatic N) is 3. The minimum absolute atomic E-state index is 0.00411. The SMILES string of the molecule is CCn1c(SCCN2C(=O)c3ccccc3S2(=O)=O)nc2cc(S(N)(=O)=O)ccc21. The lowest BCUT2D eigenvalue weighted by molar-refractivity contribution is 0.0876. The molecule has 0 saturated carbocycles. The molecule has 0 aliphatic carbocycles. The fourth-order valence-electron chi connectivity index (χ4n) is 3.35. The van der Waals surface area contributed by atoms with Gasteiger partial charge < -0.3 is 4.57 Å². The van der Waals surface area contributed by atoms with E-state index in [4.69, 9.17) is 5.14 Å². The Hall–Kier alpha value is -2.41. The Morgan fingerprint density at radius 1 is 1.17 bits per heavy atom. The summed E-state index contributed by atoms with van der Waals surface area (Å²) in [5.74, 6) is -0.238. The summed E-state index contributed by atoms with van der Waals surface area (Å²) in [4.78, 5) is 17.0. The molecule has 2 aromatic carbocycles. The van der Waals surface area contributed by atoms with Gasteiger partial charge in [-0.05, 0) is 37.3 Å². The average Bonchev–Trinajstić information content (AvgIpc) is 3.14. The number of thioether (sulfide) groups is 1. The number of rotatable bonds is 6. The van der Waals surface area contributed by atoms with Crippen molar-refractivity contribution in [1.29, 1.82) is 0 Å². The molecule has 0 saturated heterocycles. The van der Waals surface area contributed by atoms with E-state index in [2.05, 4.69) is 4.98 Å². The Morgan fingerprint density at radius 2 is 1.90 bits per heavy atom. The van der Waals surface area contributed by atoms with Gasteiger partial charge in [0.1, 0.15) is 4.90 Å². The van der Waals surface area contributed by atoms with Crippen LogP contribution in [0.1, 0.15) is 17.3 Å². The van der Waals surface area contributed by atoms with Crippen LogP contribution >= 0.6 is 11.8 Å². The first-order valence-electron chi connectivity index (χ1n) is 8.96. The summed E-state index contributed by atoms with van der Waals surface area (Å²) >= 11 is 1.29. The average molecular weight is 467 g/mol. The molecule has 0 unspecified atom stereocenters. The Morgan fingerprint density at radius 3 is 2.57 bits per heavy atom. The smallest absolute Gasteiger partial charge is 0.269 e. The third-order valence-corrected chi connectivity index (χ3v) is 8.48. The van der Waals surface area contributed by atoms with Crippen LogP contribution in [0.5, 0.6) is 0 Å².